The van der Waals surface area contributed by atoms with Gasteiger partial charge in [-0.05, 0) is 25.7 Å². The fourth-order valence-electron chi connectivity index (χ4n) is 1.25. The molecule has 0 rings (SSSR count). The molecule has 0 saturated heterocycles. The monoisotopic (exact) mass is 204 g/mol. The van der Waals surface area contributed by atoms with Crippen LogP contribution in [0.1, 0.15) is 52.4 Å². The van der Waals surface area contributed by atoms with E-state index in [1.54, 1.807) is 5.57 Å². The molecule has 0 fully saturated rings. The summed E-state index contributed by atoms with van der Waals surface area (Å²) in [5.41, 5.74) is 3.95. The lowest BCUT2D eigenvalue weighted by Crippen LogP contribution is -1.87. The Hall–Kier alpha value is 0.247. The summed E-state index contributed by atoms with van der Waals surface area (Å²) in [5.74, 6) is 0. The van der Waals surface area contributed by atoms with Gasteiger partial charge in [-0.3, -0.25) is 0 Å². The van der Waals surface area contributed by atoms with Gasteiger partial charge in [0.15, 0.2) is 0 Å². The van der Waals surface area contributed by atoms with Crippen LogP contribution >= 0.6 is 11.1 Å². The van der Waals surface area contributed by atoms with E-state index in [9.17, 15) is 0 Å². The second kappa shape index (κ2) is 9.34. The van der Waals surface area contributed by atoms with Gasteiger partial charge in [-0.25, -0.2) is 0 Å². The molecule has 0 spiro atoms. The summed E-state index contributed by atoms with van der Waals surface area (Å²) in [6.07, 6.45) is 7.84. The van der Waals surface area contributed by atoms with Crippen LogP contribution in [-0.4, -0.2) is 8.83 Å². The molecule has 0 unspecified atom stereocenters. The molecule has 0 aliphatic heterocycles. The van der Waals surface area contributed by atoms with Crippen LogP contribution in [0.15, 0.2) is 11.3 Å². The first-order valence-corrected chi connectivity index (χ1v) is 8.04. The summed E-state index contributed by atoms with van der Waals surface area (Å²) < 4.78 is 0. The summed E-state index contributed by atoms with van der Waals surface area (Å²) in [4.78, 5) is 0. The number of hydrogen-bond donors (Lipinski definition) is 0. The van der Waals surface area contributed by atoms with E-state index < -0.39 is 0 Å². The van der Waals surface area contributed by atoms with E-state index in [0.717, 1.165) is 0 Å². The molecule has 2 heteroatoms. The van der Waals surface area contributed by atoms with Crippen LogP contribution in [0.5, 0.6) is 0 Å². The number of halogens is 1. The summed E-state index contributed by atoms with van der Waals surface area (Å²) in [6.45, 7) is 4.49. The van der Waals surface area contributed by atoms with Crippen molar-refractivity contribution in [2.75, 3.05) is 0 Å². The molecule has 0 amide bonds. The third kappa shape index (κ3) is 6.93. The number of allylic oxidation sites excluding steroid dienone is 1. The predicted molar refractivity (Wildman–Crippen MR) is 61.5 cm³/mol. The van der Waals surface area contributed by atoms with Crippen molar-refractivity contribution in [1.29, 1.82) is 0 Å². The molecule has 0 aromatic rings. The average molecular weight is 205 g/mol. The minimum Gasteiger partial charge on any atom is -0.171 e. The Morgan fingerprint density at radius 3 is 2.00 bits per heavy atom. The normalized spacial score (nSPS) is 10.9. The lowest BCUT2D eigenvalue weighted by molar-refractivity contribution is 0.714. The topological polar surface area (TPSA) is 0 Å². The van der Waals surface area contributed by atoms with Crippen LogP contribution in [0, 0.1) is 0 Å². The highest BCUT2D eigenvalue weighted by molar-refractivity contribution is 6.96. The zero-order valence-corrected chi connectivity index (χ0v) is 10.6. The molecule has 0 aromatic heterocycles. The molecular weight excluding hydrogens is 184 g/mol. The first-order valence-electron chi connectivity index (χ1n) is 5.09. The molecule has 0 atom stereocenters. The molecule has 12 heavy (non-hydrogen) atoms. The van der Waals surface area contributed by atoms with E-state index in [2.05, 4.69) is 19.5 Å². The smallest absolute Gasteiger partial charge is 0.148 e. The molecule has 0 heterocycles. The van der Waals surface area contributed by atoms with Gasteiger partial charge in [0.25, 0.3) is 0 Å². The molecule has 0 bridgehead atoms. The van der Waals surface area contributed by atoms with Crippen LogP contribution < -0.4 is 0 Å². The van der Waals surface area contributed by atoms with Crippen molar-refractivity contribution in [1.82, 2.24) is 0 Å². The first kappa shape index (κ1) is 12.2. The second-order valence-electron chi connectivity index (χ2n) is 3.22. The first-order chi connectivity index (χ1) is 5.85. The maximum atomic E-state index is 5.82. The Balaban J connectivity index is 3.62. The molecule has 0 radical (unpaired) electrons. The lowest BCUT2D eigenvalue weighted by Gasteiger charge is -2.04. The van der Waals surface area contributed by atoms with Crippen LogP contribution in [0.25, 0.3) is 0 Å². The van der Waals surface area contributed by atoms with Crippen molar-refractivity contribution in [3.8, 4) is 0 Å². The molecule has 0 aromatic carbocycles. The Morgan fingerprint density at radius 2 is 1.67 bits per heavy atom. The van der Waals surface area contributed by atoms with E-state index in [-0.39, 0.29) is 8.83 Å². The highest BCUT2D eigenvalue weighted by Gasteiger charge is 1.95. The van der Waals surface area contributed by atoms with Crippen molar-refractivity contribution in [2.45, 2.75) is 52.4 Å². The van der Waals surface area contributed by atoms with Crippen LogP contribution in [0.2, 0.25) is 0 Å². The molecule has 72 valence electrons. The Morgan fingerprint density at radius 1 is 1.17 bits per heavy atom. The zero-order valence-electron chi connectivity index (χ0n) is 8.41. The fourth-order valence-corrected chi connectivity index (χ4v) is 2.53. The lowest BCUT2D eigenvalue weighted by atomic mass is 10.1. The highest BCUT2D eigenvalue weighted by Crippen LogP contribution is 2.14. The Kier molecular flexibility index (Phi) is 9.53. The van der Waals surface area contributed by atoms with Crippen LogP contribution in [0.3, 0.4) is 0 Å². The predicted octanol–water partition coefficient (Wildman–Crippen LogP) is 3.57. The van der Waals surface area contributed by atoms with Crippen molar-refractivity contribution in [3.05, 3.63) is 11.3 Å². The van der Waals surface area contributed by atoms with Gasteiger partial charge in [-0.2, -0.15) is 11.1 Å². The molecule has 0 N–H and O–H groups in total. The quantitative estimate of drug-likeness (QED) is 0.440. The summed E-state index contributed by atoms with van der Waals surface area (Å²) in [5, 5.41) is 0. The van der Waals surface area contributed by atoms with E-state index in [1.165, 1.54) is 38.5 Å². The summed E-state index contributed by atoms with van der Waals surface area (Å²) >= 11 is 5.82. The third-order valence-corrected chi connectivity index (χ3v) is 3.26. The maximum absolute atomic E-state index is 5.82. The van der Waals surface area contributed by atoms with Gasteiger partial charge in [-0.15, -0.1) is 0 Å². The van der Waals surface area contributed by atoms with Gasteiger partial charge >= 0.3 is 0 Å². The van der Waals surface area contributed by atoms with Crippen molar-refractivity contribution >= 4 is 19.9 Å². The van der Waals surface area contributed by atoms with E-state index in [4.69, 9.17) is 11.1 Å². The van der Waals surface area contributed by atoms with E-state index >= 15 is 0 Å². The van der Waals surface area contributed by atoms with E-state index in [0.29, 0.717) is 0 Å². The summed E-state index contributed by atoms with van der Waals surface area (Å²) in [6, 6.07) is 0. The second-order valence-corrected chi connectivity index (χ2v) is 4.87. The molecule has 0 aliphatic carbocycles. The minimum absolute atomic E-state index is 0.379. The Labute approximate surface area is 83.9 Å². The molecule has 0 aliphatic rings. The highest BCUT2D eigenvalue weighted by atomic mass is 35.6. The molecule has 0 nitrogen and oxygen atoms in total. The zero-order chi connectivity index (χ0) is 9.23. The van der Waals surface area contributed by atoms with Gasteiger partial charge in [0.1, 0.15) is 8.83 Å². The number of unbranched alkanes of at least 4 members (excludes halogenated alkanes) is 2. The number of rotatable bonds is 7. The Bertz CT molecular complexity index is 111. The largest absolute Gasteiger partial charge is 0.171 e. The standard InChI is InChI=1S/C10H21ClSi/c1-3-5-7-10(9-12-11)8-6-4-2/h9H,3-8,12H2,1-2H3. The summed E-state index contributed by atoms with van der Waals surface area (Å²) in [7, 11) is -0.379. The van der Waals surface area contributed by atoms with Crippen LogP contribution in [0.4, 0.5) is 0 Å². The minimum atomic E-state index is -0.379. The van der Waals surface area contributed by atoms with Crippen molar-refractivity contribution in [2.24, 2.45) is 0 Å². The molecule has 0 saturated carbocycles. The van der Waals surface area contributed by atoms with Crippen molar-refractivity contribution in [3.63, 3.8) is 0 Å². The number of hydrogen-bond acceptors (Lipinski definition) is 0. The van der Waals surface area contributed by atoms with Gasteiger partial charge in [-0.1, -0.05) is 38.0 Å². The fraction of sp³-hybridized carbons (Fsp3) is 0.800. The van der Waals surface area contributed by atoms with E-state index in [1.807, 2.05) is 0 Å². The van der Waals surface area contributed by atoms with Gasteiger partial charge in [0.05, 0.1) is 0 Å². The van der Waals surface area contributed by atoms with Crippen LogP contribution in [-0.2, 0) is 0 Å². The SMILES string of the molecule is CCCCC(=C[SiH2]Cl)CCCC. The van der Waals surface area contributed by atoms with Gasteiger partial charge in [0, 0.05) is 0 Å². The van der Waals surface area contributed by atoms with Crippen molar-refractivity contribution < 1.29 is 0 Å². The third-order valence-electron chi connectivity index (χ3n) is 2.07. The maximum Gasteiger partial charge on any atom is 0.148 e. The average Bonchev–Trinajstić information content (AvgIpc) is 2.10. The molecular formula is C10H21ClSi. The van der Waals surface area contributed by atoms with Gasteiger partial charge < -0.3 is 0 Å². The van der Waals surface area contributed by atoms with Gasteiger partial charge in [0.2, 0.25) is 0 Å².